The number of benzene rings is 1. The van der Waals surface area contributed by atoms with Crippen LogP contribution in [0.5, 0.6) is 5.75 Å². The number of carboxylic acids is 1. The normalized spacial score (nSPS) is 11.9. The number of nitrogens with one attached hydrogen (secondary N) is 1. The summed E-state index contributed by atoms with van der Waals surface area (Å²) in [6.07, 6.45) is 0.157. The molecule has 0 unspecified atom stereocenters. The predicted molar refractivity (Wildman–Crippen MR) is 77.5 cm³/mol. The van der Waals surface area contributed by atoms with Gasteiger partial charge in [0.2, 0.25) is 5.91 Å². The van der Waals surface area contributed by atoms with E-state index < -0.39 is 17.9 Å². The van der Waals surface area contributed by atoms with Gasteiger partial charge >= 0.3 is 5.97 Å². The van der Waals surface area contributed by atoms with Crippen LogP contribution in [-0.4, -0.2) is 28.1 Å². The molecule has 7 heteroatoms. The van der Waals surface area contributed by atoms with Crippen LogP contribution in [0.1, 0.15) is 12.5 Å². The Kier molecular flexibility index (Phi) is 5.39. The van der Waals surface area contributed by atoms with Gasteiger partial charge < -0.3 is 15.5 Å². The number of aliphatic carboxylic acids is 1. The lowest BCUT2D eigenvalue weighted by Crippen LogP contribution is -2.41. The smallest absolute Gasteiger partial charge is 0.326 e. The topological polar surface area (TPSA) is 86.6 Å². The number of halogens is 2. The Morgan fingerprint density at radius 2 is 2.11 bits per heavy atom. The third-order valence-corrected chi connectivity index (χ3v) is 3.62. The monoisotopic (exact) mass is 427 g/mol. The first-order valence-electron chi connectivity index (χ1n) is 4.98. The summed E-state index contributed by atoms with van der Waals surface area (Å²) in [6, 6.07) is 2.34. The van der Waals surface area contributed by atoms with Crippen molar-refractivity contribution < 1.29 is 19.8 Å². The fourth-order valence-corrected chi connectivity index (χ4v) is 2.99. The second-order valence-electron chi connectivity index (χ2n) is 3.70. The van der Waals surface area contributed by atoms with Crippen LogP contribution in [0.3, 0.4) is 0 Å². The molecule has 0 radical (unpaired) electrons. The van der Waals surface area contributed by atoms with E-state index in [2.05, 4.69) is 21.2 Å². The Balaban J connectivity index is 2.94. The molecule has 0 saturated heterocycles. The van der Waals surface area contributed by atoms with Gasteiger partial charge in [0.15, 0.2) is 0 Å². The maximum Gasteiger partial charge on any atom is 0.326 e. The van der Waals surface area contributed by atoms with Crippen molar-refractivity contribution in [1.29, 1.82) is 0 Å². The van der Waals surface area contributed by atoms with E-state index in [9.17, 15) is 14.7 Å². The summed E-state index contributed by atoms with van der Waals surface area (Å²) in [5, 5.41) is 20.9. The lowest BCUT2D eigenvalue weighted by Gasteiger charge is -2.14. The first kappa shape index (κ1) is 15.2. The van der Waals surface area contributed by atoms with Crippen molar-refractivity contribution in [2.75, 3.05) is 0 Å². The van der Waals surface area contributed by atoms with E-state index in [1.165, 1.54) is 6.92 Å². The second-order valence-corrected chi connectivity index (χ2v) is 5.72. The molecule has 5 nitrogen and oxygen atoms in total. The van der Waals surface area contributed by atoms with Crippen molar-refractivity contribution in [2.45, 2.75) is 19.4 Å². The highest BCUT2D eigenvalue weighted by molar-refractivity contribution is 14.1. The molecule has 0 aliphatic heterocycles. The van der Waals surface area contributed by atoms with Crippen LogP contribution in [-0.2, 0) is 16.0 Å². The van der Waals surface area contributed by atoms with E-state index in [1.54, 1.807) is 12.1 Å². The third-order valence-electron chi connectivity index (χ3n) is 2.19. The average molecular weight is 428 g/mol. The molecular formula is C11H11BrINO4. The second kappa shape index (κ2) is 6.37. The molecule has 0 aromatic heterocycles. The molecule has 18 heavy (non-hydrogen) atoms. The van der Waals surface area contributed by atoms with Gasteiger partial charge in [-0.3, -0.25) is 4.79 Å². The van der Waals surface area contributed by atoms with Crippen molar-refractivity contribution >= 4 is 50.4 Å². The summed E-state index contributed by atoms with van der Waals surface area (Å²) < 4.78 is 1.11. The lowest BCUT2D eigenvalue weighted by molar-refractivity contribution is -0.141. The van der Waals surface area contributed by atoms with Crippen LogP contribution in [0.4, 0.5) is 0 Å². The molecule has 1 amide bonds. The number of phenolic OH excluding ortho intramolecular Hbond substituents is 1. The van der Waals surface area contributed by atoms with Gasteiger partial charge in [0.1, 0.15) is 11.8 Å². The molecule has 0 saturated carbocycles. The van der Waals surface area contributed by atoms with E-state index in [1.807, 2.05) is 22.6 Å². The number of carbonyl (C=O) groups excluding carboxylic acids is 1. The van der Waals surface area contributed by atoms with Crippen LogP contribution in [0.15, 0.2) is 16.6 Å². The first-order valence-corrected chi connectivity index (χ1v) is 6.85. The number of carbonyl (C=O) groups is 2. The van der Waals surface area contributed by atoms with Crippen molar-refractivity contribution in [3.63, 3.8) is 0 Å². The minimum absolute atomic E-state index is 0.116. The van der Waals surface area contributed by atoms with Gasteiger partial charge in [-0.15, -0.1) is 0 Å². The van der Waals surface area contributed by atoms with E-state index >= 15 is 0 Å². The fourth-order valence-electron chi connectivity index (χ4n) is 1.42. The van der Waals surface area contributed by atoms with Gasteiger partial charge in [0, 0.05) is 13.3 Å². The van der Waals surface area contributed by atoms with Gasteiger partial charge in [-0.2, -0.15) is 0 Å². The summed E-state index contributed by atoms with van der Waals surface area (Å²) in [5.74, 6) is -1.37. The van der Waals surface area contributed by atoms with E-state index in [4.69, 9.17) is 5.11 Å². The number of rotatable bonds is 4. The Labute approximate surface area is 126 Å². The molecule has 0 bridgehead atoms. The van der Waals surface area contributed by atoms with Gasteiger partial charge in [0.25, 0.3) is 0 Å². The highest BCUT2D eigenvalue weighted by Crippen LogP contribution is 2.30. The molecule has 0 spiro atoms. The van der Waals surface area contributed by atoms with Crippen molar-refractivity contribution in [2.24, 2.45) is 0 Å². The van der Waals surface area contributed by atoms with Gasteiger partial charge in [-0.05, 0) is 56.2 Å². The maximum absolute atomic E-state index is 11.0. The molecule has 0 aliphatic carbocycles. The molecule has 0 fully saturated rings. The number of hydrogen-bond acceptors (Lipinski definition) is 3. The van der Waals surface area contributed by atoms with Crippen LogP contribution in [0.2, 0.25) is 0 Å². The quantitative estimate of drug-likeness (QED) is 0.640. The molecule has 1 atom stereocenters. The number of carboxylic acid groups (broad SMARTS) is 1. The summed E-state index contributed by atoms with van der Waals surface area (Å²) in [4.78, 5) is 21.9. The predicted octanol–water partition coefficient (Wildman–Crippen LogP) is 1.89. The molecule has 1 rings (SSSR count). The van der Waals surface area contributed by atoms with E-state index in [-0.39, 0.29) is 12.2 Å². The third kappa shape index (κ3) is 4.13. The summed E-state index contributed by atoms with van der Waals surface area (Å²) >= 11 is 5.14. The number of phenols is 1. The SMILES string of the molecule is CC(=O)N[C@@H](Cc1cc(Br)c(O)c(I)c1)C(=O)O. The summed E-state index contributed by atoms with van der Waals surface area (Å²) in [6.45, 7) is 1.27. The fraction of sp³-hybridized carbons (Fsp3) is 0.273. The van der Waals surface area contributed by atoms with Gasteiger partial charge in [-0.1, -0.05) is 0 Å². The molecule has 0 heterocycles. The lowest BCUT2D eigenvalue weighted by atomic mass is 10.1. The van der Waals surface area contributed by atoms with Crippen LogP contribution in [0, 0.1) is 3.57 Å². The Bertz CT molecular complexity index is 469. The Hall–Kier alpha value is -0.830. The maximum atomic E-state index is 11.0. The van der Waals surface area contributed by atoms with Crippen molar-refractivity contribution in [1.82, 2.24) is 5.32 Å². The van der Waals surface area contributed by atoms with E-state index in [0.717, 1.165) is 0 Å². The number of hydrogen-bond donors (Lipinski definition) is 3. The zero-order valence-corrected chi connectivity index (χ0v) is 13.1. The first-order chi connectivity index (χ1) is 8.31. The van der Waals surface area contributed by atoms with Crippen molar-refractivity contribution in [3.8, 4) is 5.75 Å². The Morgan fingerprint density at radius 3 is 2.56 bits per heavy atom. The van der Waals surface area contributed by atoms with Gasteiger partial charge in [-0.25, -0.2) is 4.79 Å². The van der Waals surface area contributed by atoms with E-state index in [0.29, 0.717) is 13.6 Å². The molecule has 1 aromatic carbocycles. The number of aromatic hydroxyl groups is 1. The van der Waals surface area contributed by atoms with Crippen LogP contribution < -0.4 is 5.32 Å². The highest BCUT2D eigenvalue weighted by Gasteiger charge is 2.19. The van der Waals surface area contributed by atoms with Crippen molar-refractivity contribution in [3.05, 3.63) is 25.7 Å². The molecule has 98 valence electrons. The van der Waals surface area contributed by atoms with Crippen LogP contribution in [0.25, 0.3) is 0 Å². The zero-order valence-electron chi connectivity index (χ0n) is 9.41. The van der Waals surface area contributed by atoms with Crippen LogP contribution >= 0.6 is 38.5 Å². The molecule has 3 N–H and O–H groups in total. The number of amides is 1. The summed E-state index contributed by atoms with van der Waals surface area (Å²) in [7, 11) is 0. The largest absolute Gasteiger partial charge is 0.506 e. The minimum Gasteiger partial charge on any atom is -0.506 e. The molecular weight excluding hydrogens is 417 g/mol. The summed E-state index contributed by atoms with van der Waals surface area (Å²) in [5.41, 5.74) is 0.713. The minimum atomic E-state index is -1.09. The molecule has 0 aliphatic rings. The molecule has 1 aromatic rings. The average Bonchev–Trinajstić information content (AvgIpc) is 2.24. The highest BCUT2D eigenvalue weighted by atomic mass is 127. The van der Waals surface area contributed by atoms with Gasteiger partial charge in [0.05, 0.1) is 8.04 Å². The Morgan fingerprint density at radius 1 is 1.50 bits per heavy atom. The zero-order chi connectivity index (χ0) is 13.9. The standard InChI is InChI=1S/C11H11BrINO4/c1-5(15)14-9(11(17)18)4-6-2-7(12)10(16)8(13)3-6/h2-3,9,16H,4H2,1H3,(H,14,15)(H,17,18)/t9-/m0/s1.